The first-order valence-electron chi connectivity index (χ1n) is 8.53. The second-order valence-corrected chi connectivity index (χ2v) is 6.58. The van der Waals surface area contributed by atoms with Gasteiger partial charge in [-0.3, -0.25) is 9.59 Å². The predicted molar refractivity (Wildman–Crippen MR) is 100 cm³/mol. The second-order valence-electron chi connectivity index (χ2n) is 6.58. The molecule has 2 aromatic heterocycles. The summed E-state index contributed by atoms with van der Waals surface area (Å²) in [7, 11) is 1.77. The molecule has 6 nitrogen and oxygen atoms in total. The number of ketones is 1. The number of carbonyl (C=O) groups is 2. The van der Waals surface area contributed by atoms with Crippen molar-refractivity contribution in [1.82, 2.24) is 14.1 Å². The van der Waals surface area contributed by atoms with Gasteiger partial charge < -0.3 is 14.5 Å². The number of nitrogens with one attached hydrogen (secondary N) is 1. The van der Waals surface area contributed by atoms with Gasteiger partial charge in [0.2, 0.25) is 11.7 Å². The van der Waals surface area contributed by atoms with Crippen LogP contribution in [0.2, 0.25) is 0 Å². The molecular weight excluding hydrogens is 328 g/mol. The highest BCUT2D eigenvalue weighted by molar-refractivity contribution is 6.07. The maximum Gasteiger partial charge on any atom is 0.247 e. The number of nitrogens with zero attached hydrogens (tertiary/aromatic N) is 3. The van der Waals surface area contributed by atoms with Crippen LogP contribution in [0, 0.1) is 5.92 Å². The SMILES string of the molecule is CC(C)C(C(=O)Nc1cccc(C(=O)c2nccn2C)c1)n1cccc1. The molecule has 0 aliphatic carbocycles. The lowest BCUT2D eigenvalue weighted by Crippen LogP contribution is -2.29. The van der Waals surface area contributed by atoms with Gasteiger partial charge in [-0.05, 0) is 30.2 Å². The number of aromatic nitrogens is 3. The largest absolute Gasteiger partial charge is 0.342 e. The molecule has 1 atom stereocenters. The Kier molecular flexibility index (Phi) is 5.02. The van der Waals surface area contributed by atoms with Gasteiger partial charge in [0.25, 0.3) is 0 Å². The number of benzene rings is 1. The minimum absolute atomic E-state index is 0.113. The highest BCUT2D eigenvalue weighted by Gasteiger charge is 2.23. The van der Waals surface area contributed by atoms with Gasteiger partial charge in [-0.15, -0.1) is 0 Å². The van der Waals surface area contributed by atoms with E-state index in [4.69, 9.17) is 0 Å². The van der Waals surface area contributed by atoms with Crippen LogP contribution in [0.3, 0.4) is 0 Å². The monoisotopic (exact) mass is 350 g/mol. The van der Waals surface area contributed by atoms with E-state index >= 15 is 0 Å². The summed E-state index contributed by atoms with van der Waals surface area (Å²) < 4.78 is 3.57. The van der Waals surface area contributed by atoms with E-state index in [1.54, 1.807) is 48.3 Å². The molecule has 134 valence electrons. The van der Waals surface area contributed by atoms with Crippen LogP contribution in [0.1, 0.15) is 36.1 Å². The molecule has 1 aromatic carbocycles. The second kappa shape index (κ2) is 7.39. The third kappa shape index (κ3) is 3.59. The van der Waals surface area contributed by atoms with Gasteiger partial charge in [-0.2, -0.15) is 0 Å². The van der Waals surface area contributed by atoms with Crippen molar-refractivity contribution in [1.29, 1.82) is 0 Å². The third-order valence-electron chi connectivity index (χ3n) is 4.27. The fourth-order valence-electron chi connectivity index (χ4n) is 2.98. The van der Waals surface area contributed by atoms with Crippen molar-refractivity contribution in [3.05, 3.63) is 72.6 Å². The molecule has 3 rings (SSSR count). The van der Waals surface area contributed by atoms with Crippen molar-refractivity contribution in [2.75, 3.05) is 5.32 Å². The highest BCUT2D eigenvalue weighted by Crippen LogP contribution is 2.21. The summed E-state index contributed by atoms with van der Waals surface area (Å²) in [6, 6.07) is 10.4. The Morgan fingerprint density at radius 3 is 2.42 bits per heavy atom. The van der Waals surface area contributed by atoms with Gasteiger partial charge in [-0.25, -0.2) is 4.98 Å². The zero-order valence-corrected chi connectivity index (χ0v) is 15.1. The van der Waals surface area contributed by atoms with Crippen LogP contribution in [0.5, 0.6) is 0 Å². The number of hydrogen-bond acceptors (Lipinski definition) is 3. The molecule has 6 heteroatoms. The van der Waals surface area contributed by atoms with E-state index in [1.807, 2.05) is 42.9 Å². The fourth-order valence-corrected chi connectivity index (χ4v) is 2.98. The van der Waals surface area contributed by atoms with Gasteiger partial charge in [0.15, 0.2) is 5.82 Å². The van der Waals surface area contributed by atoms with Crippen molar-refractivity contribution in [3.63, 3.8) is 0 Å². The van der Waals surface area contributed by atoms with E-state index in [9.17, 15) is 9.59 Å². The molecule has 0 aliphatic rings. The normalized spacial score (nSPS) is 12.2. The number of imidazole rings is 1. The minimum Gasteiger partial charge on any atom is -0.342 e. The Morgan fingerprint density at radius 2 is 1.81 bits per heavy atom. The lowest BCUT2D eigenvalue weighted by Gasteiger charge is -2.22. The number of anilines is 1. The summed E-state index contributed by atoms with van der Waals surface area (Å²) in [4.78, 5) is 29.5. The van der Waals surface area contributed by atoms with E-state index in [0.29, 0.717) is 17.1 Å². The molecule has 0 saturated heterocycles. The molecule has 2 heterocycles. The van der Waals surface area contributed by atoms with E-state index in [-0.39, 0.29) is 23.7 Å². The zero-order valence-electron chi connectivity index (χ0n) is 15.1. The zero-order chi connectivity index (χ0) is 18.7. The first-order chi connectivity index (χ1) is 12.5. The third-order valence-corrected chi connectivity index (χ3v) is 4.27. The summed E-state index contributed by atoms with van der Waals surface area (Å²) in [5, 5.41) is 2.93. The number of amides is 1. The molecule has 1 unspecified atom stereocenters. The molecule has 0 saturated carbocycles. The quantitative estimate of drug-likeness (QED) is 0.694. The number of aryl methyl sites for hydroxylation is 1. The summed E-state index contributed by atoms with van der Waals surface area (Å²) in [5.74, 6) is 0.192. The summed E-state index contributed by atoms with van der Waals surface area (Å²) in [5.41, 5.74) is 1.08. The van der Waals surface area contributed by atoms with Crippen LogP contribution >= 0.6 is 0 Å². The molecule has 0 spiro atoms. The topological polar surface area (TPSA) is 68.9 Å². The molecule has 0 fully saturated rings. The average molecular weight is 350 g/mol. The molecule has 0 aliphatic heterocycles. The van der Waals surface area contributed by atoms with Crippen molar-refractivity contribution in [2.24, 2.45) is 13.0 Å². The molecule has 26 heavy (non-hydrogen) atoms. The van der Waals surface area contributed by atoms with E-state index in [0.717, 1.165) is 0 Å². The Bertz CT molecular complexity index is 910. The van der Waals surface area contributed by atoms with Gasteiger partial charge in [0, 0.05) is 43.1 Å². The predicted octanol–water partition coefficient (Wildman–Crippen LogP) is 3.29. The number of rotatable bonds is 6. The first kappa shape index (κ1) is 17.7. The average Bonchev–Trinajstić information content (AvgIpc) is 3.26. The van der Waals surface area contributed by atoms with Crippen molar-refractivity contribution >= 4 is 17.4 Å². The summed E-state index contributed by atoms with van der Waals surface area (Å²) >= 11 is 0. The molecule has 1 N–H and O–H groups in total. The van der Waals surface area contributed by atoms with E-state index in [2.05, 4.69) is 10.3 Å². The lowest BCUT2D eigenvalue weighted by molar-refractivity contribution is -0.120. The fraction of sp³-hybridized carbons (Fsp3) is 0.250. The van der Waals surface area contributed by atoms with Crippen LogP contribution in [0.15, 0.2) is 61.2 Å². The number of carbonyl (C=O) groups excluding carboxylic acids is 2. The van der Waals surface area contributed by atoms with E-state index < -0.39 is 0 Å². The van der Waals surface area contributed by atoms with Gasteiger partial charge >= 0.3 is 0 Å². The Hall–Kier alpha value is -3.15. The maximum atomic E-state index is 12.8. The molecule has 1 amide bonds. The van der Waals surface area contributed by atoms with Gasteiger partial charge in [0.1, 0.15) is 6.04 Å². The van der Waals surface area contributed by atoms with Crippen LogP contribution in [-0.4, -0.2) is 25.8 Å². The highest BCUT2D eigenvalue weighted by atomic mass is 16.2. The van der Waals surface area contributed by atoms with Crippen molar-refractivity contribution in [3.8, 4) is 0 Å². The summed E-state index contributed by atoms with van der Waals surface area (Å²) in [6.45, 7) is 4.01. The molecule has 0 bridgehead atoms. The standard InChI is InChI=1S/C20H22N4O2/c1-14(2)17(24-10-4-5-11-24)20(26)22-16-8-6-7-15(13-16)18(25)19-21-9-12-23(19)3/h4-14,17H,1-3H3,(H,22,26). The Labute approximate surface area is 152 Å². The van der Waals surface area contributed by atoms with Gasteiger partial charge in [-0.1, -0.05) is 26.0 Å². The molecule has 0 radical (unpaired) electrons. The number of hydrogen-bond donors (Lipinski definition) is 1. The Balaban J connectivity index is 1.81. The van der Waals surface area contributed by atoms with Crippen LogP contribution in [0.25, 0.3) is 0 Å². The van der Waals surface area contributed by atoms with Crippen LogP contribution in [-0.2, 0) is 11.8 Å². The minimum atomic E-state index is -0.320. The smallest absolute Gasteiger partial charge is 0.247 e. The first-order valence-corrected chi connectivity index (χ1v) is 8.53. The van der Waals surface area contributed by atoms with E-state index in [1.165, 1.54) is 0 Å². The van der Waals surface area contributed by atoms with Crippen molar-refractivity contribution in [2.45, 2.75) is 19.9 Å². The Morgan fingerprint density at radius 1 is 1.08 bits per heavy atom. The molecule has 3 aromatic rings. The summed E-state index contributed by atoms with van der Waals surface area (Å²) in [6.07, 6.45) is 7.07. The van der Waals surface area contributed by atoms with Crippen LogP contribution < -0.4 is 5.32 Å². The van der Waals surface area contributed by atoms with Gasteiger partial charge in [0.05, 0.1) is 0 Å². The molecular formula is C20H22N4O2. The maximum absolute atomic E-state index is 12.8. The van der Waals surface area contributed by atoms with Crippen LogP contribution in [0.4, 0.5) is 5.69 Å². The van der Waals surface area contributed by atoms with Crippen molar-refractivity contribution < 1.29 is 9.59 Å². The lowest BCUT2D eigenvalue weighted by atomic mass is 10.0.